The molecule has 3 aromatic rings. The maximum atomic E-state index is 13.6. The Morgan fingerprint density at radius 2 is 1.74 bits per heavy atom. The van der Waals surface area contributed by atoms with Crippen molar-refractivity contribution in [2.45, 2.75) is 6.54 Å². The Kier molecular flexibility index (Phi) is 7.15. The maximum absolute atomic E-state index is 13.6. The van der Waals surface area contributed by atoms with Crippen molar-refractivity contribution in [1.29, 1.82) is 0 Å². The maximum Gasteiger partial charge on any atom is 0.268 e. The van der Waals surface area contributed by atoms with Gasteiger partial charge in [-0.1, -0.05) is 30.3 Å². The molecule has 0 unspecified atom stereocenters. The summed E-state index contributed by atoms with van der Waals surface area (Å²) in [5.74, 6) is -3.22. The highest BCUT2D eigenvalue weighted by Crippen LogP contribution is 2.17. The summed E-state index contributed by atoms with van der Waals surface area (Å²) in [6.07, 6.45) is 1.27. The largest absolute Gasteiger partial charge is 0.399 e. The van der Waals surface area contributed by atoms with Crippen LogP contribution in [0, 0.1) is 11.6 Å². The van der Waals surface area contributed by atoms with Crippen LogP contribution in [0.2, 0.25) is 0 Å². The fraction of sp³-hybridized carbons (Fsp3) is 0.0435. The highest BCUT2D eigenvalue weighted by Gasteiger charge is 2.16. The molecule has 5 nitrogen and oxygen atoms in total. The van der Waals surface area contributed by atoms with Crippen LogP contribution in [0.25, 0.3) is 6.08 Å². The van der Waals surface area contributed by atoms with Crippen LogP contribution in [-0.2, 0) is 11.3 Å². The number of hydrogen-bond acceptors (Lipinski definition) is 3. The molecule has 158 valence electrons. The summed E-state index contributed by atoms with van der Waals surface area (Å²) in [7, 11) is 0. The van der Waals surface area contributed by atoms with Crippen LogP contribution in [0.4, 0.5) is 14.5 Å². The number of anilines is 1. The lowest BCUT2D eigenvalue weighted by atomic mass is 10.1. The zero-order valence-corrected chi connectivity index (χ0v) is 17.7. The van der Waals surface area contributed by atoms with Gasteiger partial charge in [0, 0.05) is 16.7 Å². The minimum atomic E-state index is -1.06. The minimum Gasteiger partial charge on any atom is -0.399 e. The first kappa shape index (κ1) is 22.2. The summed E-state index contributed by atoms with van der Waals surface area (Å²) in [6.45, 7) is 0.157. The van der Waals surface area contributed by atoms with Gasteiger partial charge in [-0.15, -0.1) is 0 Å². The lowest BCUT2D eigenvalue weighted by molar-refractivity contribution is -0.117. The average molecular weight is 486 g/mol. The number of carbonyl (C=O) groups is 2. The smallest absolute Gasteiger partial charge is 0.268 e. The molecule has 4 N–H and O–H groups in total. The number of nitrogens with one attached hydrogen (secondary N) is 2. The summed E-state index contributed by atoms with van der Waals surface area (Å²) in [5, 5.41) is 5.23. The van der Waals surface area contributed by atoms with Gasteiger partial charge >= 0.3 is 0 Å². The van der Waals surface area contributed by atoms with Gasteiger partial charge in [0.2, 0.25) is 0 Å². The normalized spacial score (nSPS) is 11.1. The number of rotatable bonds is 6. The van der Waals surface area contributed by atoms with E-state index in [-0.39, 0.29) is 17.8 Å². The Balaban J connectivity index is 1.86. The van der Waals surface area contributed by atoms with E-state index < -0.39 is 23.4 Å². The Hall–Kier alpha value is -3.52. The van der Waals surface area contributed by atoms with E-state index >= 15 is 0 Å². The molecule has 8 heteroatoms. The number of halogens is 3. The second kappa shape index (κ2) is 9.99. The highest BCUT2D eigenvalue weighted by atomic mass is 79.9. The number of nitrogen functional groups attached to an aromatic ring is 1. The number of hydrogen-bond donors (Lipinski definition) is 3. The Labute approximate surface area is 186 Å². The predicted molar refractivity (Wildman–Crippen MR) is 119 cm³/mol. The van der Waals surface area contributed by atoms with Crippen molar-refractivity contribution in [3.05, 3.63) is 105 Å². The summed E-state index contributed by atoms with van der Waals surface area (Å²) in [5.41, 5.74) is 7.44. The van der Waals surface area contributed by atoms with Crippen molar-refractivity contribution in [3.8, 4) is 0 Å². The first-order chi connectivity index (χ1) is 14.8. The van der Waals surface area contributed by atoms with E-state index in [2.05, 4.69) is 26.6 Å². The molecule has 0 aliphatic carbocycles. The standard InChI is InChI=1S/C23H18BrF2N3O2/c24-18-7-2-1-6-17(18)22(30)29-21(12-14-8-9-19(25)20(26)11-14)23(31)28-13-15-4-3-5-16(27)10-15/h1-12H,13,27H2,(H,28,31)(H,29,30)/b21-12-. The van der Waals surface area contributed by atoms with Crippen LogP contribution in [0.1, 0.15) is 21.5 Å². The van der Waals surface area contributed by atoms with E-state index in [9.17, 15) is 18.4 Å². The Morgan fingerprint density at radius 1 is 0.968 bits per heavy atom. The average Bonchev–Trinajstić information content (AvgIpc) is 2.74. The first-order valence-corrected chi connectivity index (χ1v) is 9.98. The van der Waals surface area contributed by atoms with Gasteiger partial charge in [-0.25, -0.2) is 8.78 Å². The molecule has 0 radical (unpaired) electrons. The molecule has 0 bridgehead atoms. The Morgan fingerprint density at radius 3 is 2.45 bits per heavy atom. The number of carbonyl (C=O) groups excluding carboxylic acids is 2. The third-order valence-corrected chi connectivity index (χ3v) is 4.96. The van der Waals surface area contributed by atoms with Gasteiger partial charge in [0.05, 0.1) is 5.56 Å². The lowest BCUT2D eigenvalue weighted by Gasteiger charge is -2.12. The van der Waals surface area contributed by atoms with Gasteiger partial charge in [0.25, 0.3) is 11.8 Å². The number of nitrogens with two attached hydrogens (primary N) is 1. The molecule has 0 saturated heterocycles. The van der Waals surface area contributed by atoms with Crippen molar-refractivity contribution in [3.63, 3.8) is 0 Å². The minimum absolute atomic E-state index is 0.129. The monoisotopic (exact) mass is 485 g/mol. The van der Waals surface area contributed by atoms with Gasteiger partial charge in [-0.3, -0.25) is 9.59 Å². The Bertz CT molecular complexity index is 1170. The van der Waals surface area contributed by atoms with Crippen molar-refractivity contribution in [2.75, 3.05) is 5.73 Å². The number of benzene rings is 3. The fourth-order valence-corrected chi connectivity index (χ4v) is 3.21. The van der Waals surface area contributed by atoms with E-state index in [1.165, 1.54) is 12.1 Å². The van der Waals surface area contributed by atoms with Crippen LogP contribution in [-0.4, -0.2) is 11.8 Å². The summed E-state index contributed by atoms with van der Waals surface area (Å²) in [4.78, 5) is 25.5. The van der Waals surface area contributed by atoms with Crippen LogP contribution < -0.4 is 16.4 Å². The molecule has 0 aliphatic heterocycles. The van der Waals surface area contributed by atoms with E-state index in [4.69, 9.17) is 5.73 Å². The third kappa shape index (κ3) is 5.99. The van der Waals surface area contributed by atoms with E-state index in [1.807, 2.05) is 0 Å². The molecule has 0 spiro atoms. The van der Waals surface area contributed by atoms with Gasteiger partial charge in [0.1, 0.15) is 5.70 Å². The third-order valence-electron chi connectivity index (χ3n) is 4.27. The van der Waals surface area contributed by atoms with E-state index in [0.29, 0.717) is 15.7 Å². The van der Waals surface area contributed by atoms with Crippen molar-refractivity contribution >= 4 is 39.5 Å². The summed E-state index contributed by atoms with van der Waals surface area (Å²) in [6, 6.07) is 16.8. The zero-order chi connectivity index (χ0) is 22.4. The second-order valence-corrected chi connectivity index (χ2v) is 7.45. The topological polar surface area (TPSA) is 84.2 Å². The van der Waals surface area contributed by atoms with Gasteiger partial charge in [-0.2, -0.15) is 0 Å². The molecule has 0 heterocycles. The summed E-state index contributed by atoms with van der Waals surface area (Å²) < 4.78 is 27.4. The highest BCUT2D eigenvalue weighted by molar-refractivity contribution is 9.10. The van der Waals surface area contributed by atoms with Crippen molar-refractivity contribution in [2.24, 2.45) is 0 Å². The van der Waals surface area contributed by atoms with Gasteiger partial charge in [0.15, 0.2) is 11.6 Å². The second-order valence-electron chi connectivity index (χ2n) is 6.59. The SMILES string of the molecule is Nc1cccc(CNC(=O)/C(=C/c2ccc(F)c(F)c2)NC(=O)c2ccccc2Br)c1. The molecule has 0 aromatic heterocycles. The van der Waals surface area contributed by atoms with E-state index in [1.54, 1.807) is 48.5 Å². The van der Waals surface area contributed by atoms with Crippen molar-refractivity contribution < 1.29 is 18.4 Å². The quantitative estimate of drug-likeness (QED) is 0.357. The van der Waals surface area contributed by atoms with E-state index in [0.717, 1.165) is 17.7 Å². The zero-order valence-electron chi connectivity index (χ0n) is 16.2. The van der Waals surface area contributed by atoms with Crippen LogP contribution in [0.15, 0.2) is 76.9 Å². The van der Waals surface area contributed by atoms with Crippen LogP contribution in [0.3, 0.4) is 0 Å². The molecule has 3 aromatic carbocycles. The van der Waals surface area contributed by atoms with Crippen molar-refractivity contribution in [1.82, 2.24) is 10.6 Å². The molecule has 3 rings (SSSR count). The molecule has 0 saturated carbocycles. The molecule has 0 atom stereocenters. The fourth-order valence-electron chi connectivity index (χ4n) is 2.74. The molecule has 31 heavy (non-hydrogen) atoms. The van der Waals surface area contributed by atoms with Gasteiger partial charge in [-0.05, 0) is 69.5 Å². The molecule has 2 amide bonds. The first-order valence-electron chi connectivity index (χ1n) is 9.19. The number of amides is 2. The molecule has 0 fully saturated rings. The van der Waals surface area contributed by atoms with Crippen LogP contribution in [0.5, 0.6) is 0 Å². The molecular weight excluding hydrogens is 468 g/mol. The molecule has 0 aliphatic rings. The summed E-state index contributed by atoms with van der Waals surface area (Å²) >= 11 is 3.29. The van der Waals surface area contributed by atoms with Gasteiger partial charge < -0.3 is 16.4 Å². The lowest BCUT2D eigenvalue weighted by Crippen LogP contribution is -2.34. The van der Waals surface area contributed by atoms with Crippen LogP contribution >= 0.6 is 15.9 Å². The molecular formula is C23H18BrF2N3O2. The predicted octanol–water partition coefficient (Wildman–Crippen LogP) is 4.40.